The fraction of sp³-hybridized carbons (Fsp3) is 0.600. The van der Waals surface area contributed by atoms with Crippen LogP contribution in [0.5, 0.6) is 0 Å². The lowest BCUT2D eigenvalue weighted by Crippen LogP contribution is -2.39. The minimum atomic E-state index is -3.21. The van der Waals surface area contributed by atoms with Gasteiger partial charge in [-0.2, -0.15) is 0 Å². The van der Waals surface area contributed by atoms with Gasteiger partial charge in [0.1, 0.15) is 0 Å². The van der Waals surface area contributed by atoms with Crippen molar-refractivity contribution in [3.63, 3.8) is 0 Å². The lowest BCUT2D eigenvalue weighted by atomic mass is 10.2. The van der Waals surface area contributed by atoms with Gasteiger partial charge in [0.2, 0.25) is 16.0 Å². The average Bonchev–Trinajstić information content (AvgIpc) is 2.77. The maximum absolute atomic E-state index is 11.6. The molecule has 1 saturated heterocycles. The molecule has 1 aromatic heterocycles. The van der Waals surface area contributed by atoms with Gasteiger partial charge in [0.25, 0.3) is 0 Å². The molecule has 0 aromatic carbocycles. The van der Waals surface area contributed by atoms with Crippen molar-refractivity contribution < 1.29 is 8.42 Å². The number of nitrogens with zero attached hydrogens (tertiary/aromatic N) is 3. The van der Waals surface area contributed by atoms with E-state index in [1.54, 1.807) is 12.4 Å². The van der Waals surface area contributed by atoms with Crippen molar-refractivity contribution >= 4 is 31.9 Å². The minimum absolute atomic E-state index is 0.0522. The largest absolute Gasteiger partial charge is 0.337 e. The van der Waals surface area contributed by atoms with Crippen molar-refractivity contribution in [2.75, 3.05) is 24.2 Å². The Hall–Kier alpha value is -0.730. The van der Waals surface area contributed by atoms with Crippen LogP contribution in [0.3, 0.4) is 0 Å². The van der Waals surface area contributed by atoms with E-state index in [1.165, 1.54) is 7.05 Å². The van der Waals surface area contributed by atoms with E-state index in [2.05, 4.69) is 30.6 Å². The highest BCUT2D eigenvalue weighted by Gasteiger charge is 2.30. The zero-order valence-corrected chi connectivity index (χ0v) is 12.4. The molecular weight excluding hydrogens is 320 g/mol. The first-order valence-corrected chi connectivity index (χ1v) is 8.12. The summed E-state index contributed by atoms with van der Waals surface area (Å²) in [4.78, 5) is 10.4. The van der Waals surface area contributed by atoms with Crippen LogP contribution in [0.2, 0.25) is 0 Å². The van der Waals surface area contributed by atoms with Crippen molar-refractivity contribution in [2.45, 2.75) is 18.9 Å². The third-order valence-corrected chi connectivity index (χ3v) is 4.82. The Morgan fingerprint density at radius 3 is 2.78 bits per heavy atom. The lowest BCUT2D eigenvalue weighted by molar-refractivity contribution is 0.577. The SMILES string of the molecule is CNS(=O)(=O)C[C@H]1CCCN1c1ncc(Br)cn1. The van der Waals surface area contributed by atoms with Gasteiger partial charge in [-0.25, -0.2) is 23.1 Å². The number of sulfonamides is 1. The number of anilines is 1. The molecule has 1 N–H and O–H groups in total. The third-order valence-electron chi connectivity index (χ3n) is 2.96. The van der Waals surface area contributed by atoms with Crippen LogP contribution in [0.1, 0.15) is 12.8 Å². The molecule has 0 saturated carbocycles. The molecule has 0 unspecified atom stereocenters. The first-order chi connectivity index (χ1) is 8.52. The molecule has 0 bridgehead atoms. The molecule has 1 aliphatic heterocycles. The van der Waals surface area contributed by atoms with E-state index in [4.69, 9.17) is 0 Å². The summed E-state index contributed by atoms with van der Waals surface area (Å²) >= 11 is 3.28. The van der Waals surface area contributed by atoms with Gasteiger partial charge in [-0.15, -0.1) is 0 Å². The second kappa shape index (κ2) is 5.50. The summed E-state index contributed by atoms with van der Waals surface area (Å²) in [7, 11) is -1.77. The van der Waals surface area contributed by atoms with E-state index >= 15 is 0 Å². The van der Waals surface area contributed by atoms with Crippen molar-refractivity contribution in [1.82, 2.24) is 14.7 Å². The summed E-state index contributed by atoms with van der Waals surface area (Å²) in [6.07, 6.45) is 5.15. The van der Waals surface area contributed by atoms with Crippen molar-refractivity contribution in [3.05, 3.63) is 16.9 Å². The van der Waals surface area contributed by atoms with Gasteiger partial charge >= 0.3 is 0 Å². The molecule has 0 spiro atoms. The highest BCUT2D eigenvalue weighted by molar-refractivity contribution is 9.10. The first kappa shape index (κ1) is 13.7. The van der Waals surface area contributed by atoms with Gasteiger partial charge in [0, 0.05) is 25.0 Å². The second-order valence-electron chi connectivity index (χ2n) is 4.18. The maximum Gasteiger partial charge on any atom is 0.225 e. The average molecular weight is 335 g/mol. The van der Waals surface area contributed by atoms with Crippen molar-refractivity contribution in [1.29, 1.82) is 0 Å². The van der Waals surface area contributed by atoms with Gasteiger partial charge in [-0.3, -0.25) is 0 Å². The Morgan fingerprint density at radius 1 is 1.50 bits per heavy atom. The Morgan fingerprint density at radius 2 is 2.17 bits per heavy atom. The van der Waals surface area contributed by atoms with Gasteiger partial charge in [0.15, 0.2) is 0 Å². The smallest absolute Gasteiger partial charge is 0.225 e. The van der Waals surface area contributed by atoms with Crippen LogP contribution in [0, 0.1) is 0 Å². The topological polar surface area (TPSA) is 75.2 Å². The van der Waals surface area contributed by atoms with Gasteiger partial charge in [0.05, 0.1) is 10.2 Å². The quantitative estimate of drug-likeness (QED) is 0.879. The molecule has 2 rings (SSSR count). The summed E-state index contributed by atoms with van der Waals surface area (Å²) in [5.74, 6) is 0.676. The molecule has 18 heavy (non-hydrogen) atoms. The van der Waals surface area contributed by atoms with E-state index in [9.17, 15) is 8.42 Å². The number of aromatic nitrogens is 2. The molecule has 1 aliphatic rings. The number of rotatable bonds is 4. The number of hydrogen-bond acceptors (Lipinski definition) is 5. The fourth-order valence-electron chi connectivity index (χ4n) is 2.06. The van der Waals surface area contributed by atoms with Crippen LogP contribution in [0.25, 0.3) is 0 Å². The summed E-state index contributed by atoms with van der Waals surface area (Å²) in [5.41, 5.74) is 0. The van der Waals surface area contributed by atoms with E-state index in [0.717, 1.165) is 23.9 Å². The molecule has 1 aromatic rings. The Balaban J connectivity index is 2.15. The second-order valence-corrected chi connectivity index (χ2v) is 7.06. The zero-order chi connectivity index (χ0) is 13.2. The molecule has 1 fully saturated rings. The summed E-state index contributed by atoms with van der Waals surface area (Å²) in [6, 6.07) is -0.0522. The standard InChI is InChI=1S/C10H15BrN4O2S/c1-12-18(16,17)7-9-3-2-4-15(9)10-13-5-8(11)6-14-10/h5-6,9,12H,2-4,7H2,1H3/t9-/m1/s1. The molecule has 0 radical (unpaired) electrons. The molecule has 6 nitrogen and oxygen atoms in total. The summed E-state index contributed by atoms with van der Waals surface area (Å²) < 4.78 is 26.4. The van der Waals surface area contributed by atoms with Gasteiger partial charge in [-0.1, -0.05) is 0 Å². The lowest BCUT2D eigenvalue weighted by Gasteiger charge is -2.24. The van der Waals surface area contributed by atoms with Gasteiger partial charge < -0.3 is 4.90 Å². The van der Waals surface area contributed by atoms with Crippen LogP contribution in [-0.2, 0) is 10.0 Å². The fourth-order valence-corrected chi connectivity index (χ4v) is 3.29. The van der Waals surface area contributed by atoms with E-state index < -0.39 is 10.0 Å². The Labute approximate surface area is 115 Å². The first-order valence-electron chi connectivity index (χ1n) is 5.67. The maximum atomic E-state index is 11.6. The normalized spacial score (nSPS) is 20.3. The van der Waals surface area contributed by atoms with E-state index in [0.29, 0.717) is 5.95 Å². The predicted molar refractivity (Wildman–Crippen MR) is 72.9 cm³/mol. The molecular formula is C10H15BrN4O2S. The van der Waals surface area contributed by atoms with Crippen LogP contribution in [0.15, 0.2) is 16.9 Å². The highest BCUT2D eigenvalue weighted by atomic mass is 79.9. The molecule has 0 aliphatic carbocycles. The molecule has 8 heteroatoms. The van der Waals surface area contributed by atoms with E-state index in [-0.39, 0.29) is 11.8 Å². The number of halogens is 1. The van der Waals surface area contributed by atoms with Crippen LogP contribution >= 0.6 is 15.9 Å². The van der Waals surface area contributed by atoms with Crippen molar-refractivity contribution in [3.8, 4) is 0 Å². The monoisotopic (exact) mass is 334 g/mol. The van der Waals surface area contributed by atoms with Crippen LogP contribution in [0.4, 0.5) is 5.95 Å². The zero-order valence-electron chi connectivity index (χ0n) is 10.0. The van der Waals surface area contributed by atoms with Crippen LogP contribution < -0.4 is 9.62 Å². The molecule has 1 atom stereocenters. The molecule has 100 valence electrons. The van der Waals surface area contributed by atoms with E-state index in [1.807, 2.05) is 4.90 Å². The number of hydrogen-bond donors (Lipinski definition) is 1. The molecule has 0 amide bonds. The van der Waals surface area contributed by atoms with Crippen molar-refractivity contribution in [2.24, 2.45) is 0 Å². The Kier molecular flexibility index (Phi) is 4.18. The third kappa shape index (κ3) is 3.18. The minimum Gasteiger partial charge on any atom is -0.337 e. The number of nitrogens with one attached hydrogen (secondary N) is 1. The molecule has 2 heterocycles. The Bertz CT molecular complexity index is 505. The summed E-state index contributed by atoms with van der Waals surface area (Å²) in [5, 5.41) is 0. The summed E-state index contributed by atoms with van der Waals surface area (Å²) in [6.45, 7) is 0.797. The predicted octanol–water partition coefficient (Wildman–Crippen LogP) is 0.757. The van der Waals surface area contributed by atoms with Gasteiger partial charge in [-0.05, 0) is 35.8 Å². The van der Waals surface area contributed by atoms with Crippen LogP contribution in [-0.4, -0.2) is 43.8 Å². The highest BCUT2D eigenvalue weighted by Crippen LogP contribution is 2.23.